The van der Waals surface area contributed by atoms with Crippen molar-refractivity contribution in [1.29, 1.82) is 0 Å². The van der Waals surface area contributed by atoms with E-state index in [-0.39, 0.29) is 11.7 Å². The highest BCUT2D eigenvalue weighted by atomic mass is 35.5. The Morgan fingerprint density at radius 2 is 2.05 bits per heavy atom. The maximum atomic E-state index is 12.7. The van der Waals surface area contributed by atoms with E-state index >= 15 is 0 Å². The first-order valence-electron chi connectivity index (χ1n) is 6.83. The van der Waals surface area contributed by atoms with Crippen molar-refractivity contribution in [3.63, 3.8) is 0 Å². The number of benzene rings is 1. The van der Waals surface area contributed by atoms with Crippen molar-refractivity contribution < 1.29 is 14.3 Å². The summed E-state index contributed by atoms with van der Waals surface area (Å²) < 4.78 is 5.42. The van der Waals surface area contributed by atoms with E-state index in [2.05, 4.69) is 5.32 Å². The minimum absolute atomic E-state index is 0.174. The van der Waals surface area contributed by atoms with Crippen LogP contribution in [0.3, 0.4) is 0 Å². The van der Waals surface area contributed by atoms with Crippen LogP contribution in [0.15, 0.2) is 12.1 Å². The molecule has 1 amide bonds. The fraction of sp³-hybridized carbons (Fsp3) is 0.467. The summed E-state index contributed by atoms with van der Waals surface area (Å²) in [6.45, 7) is 4.24. The first-order valence-corrected chi connectivity index (χ1v) is 7.59. The Balaban J connectivity index is 2.00. The van der Waals surface area contributed by atoms with E-state index in [1.165, 1.54) is 0 Å². The lowest BCUT2D eigenvalue weighted by Crippen LogP contribution is -2.43. The number of carbonyl (C=O) groups excluding carboxylic acids is 2. The molecule has 2 fully saturated rings. The Morgan fingerprint density at radius 3 is 2.57 bits per heavy atom. The van der Waals surface area contributed by atoms with Crippen molar-refractivity contribution in [1.82, 2.24) is 5.32 Å². The van der Waals surface area contributed by atoms with Gasteiger partial charge in [0.25, 0.3) is 0 Å². The molecule has 1 N–H and O–H groups in total. The summed E-state index contributed by atoms with van der Waals surface area (Å²) in [4.78, 5) is 25.0. The average Bonchev–Trinajstić information content (AvgIpc) is 3.14. The topological polar surface area (TPSA) is 58.7 Å². The molecule has 2 aliphatic heterocycles. The van der Waals surface area contributed by atoms with Crippen LogP contribution in [-0.4, -0.2) is 29.9 Å². The third-order valence-corrected chi connectivity index (χ3v) is 4.88. The van der Waals surface area contributed by atoms with Crippen LogP contribution in [0.2, 0.25) is 10.0 Å². The van der Waals surface area contributed by atoms with E-state index in [1.54, 1.807) is 19.1 Å². The van der Waals surface area contributed by atoms with Crippen LogP contribution in [0.25, 0.3) is 0 Å². The largest absolute Gasteiger partial charge is 0.367 e. The molecule has 3 unspecified atom stereocenters. The molecule has 3 rings (SSSR count). The lowest BCUT2D eigenvalue weighted by molar-refractivity contribution is -0.124. The van der Waals surface area contributed by atoms with Crippen molar-refractivity contribution >= 4 is 34.9 Å². The molecule has 4 nitrogen and oxygen atoms in total. The molecule has 2 aliphatic rings. The smallest absolute Gasteiger partial charge is 0.235 e. The van der Waals surface area contributed by atoms with Gasteiger partial charge in [-0.05, 0) is 36.6 Å². The summed E-state index contributed by atoms with van der Waals surface area (Å²) >= 11 is 12.2. The molecule has 0 saturated carbocycles. The van der Waals surface area contributed by atoms with Crippen molar-refractivity contribution in [2.45, 2.75) is 37.8 Å². The first kappa shape index (κ1) is 14.8. The SMILES string of the molecule is CCC1(C2NC(=O)C(c3c(C)cc(Cl)cc3Cl)C2=O)CO1. The highest BCUT2D eigenvalue weighted by Crippen LogP contribution is 2.42. The Morgan fingerprint density at radius 1 is 1.38 bits per heavy atom. The highest BCUT2D eigenvalue weighted by Gasteiger charge is 2.59. The molecular formula is C15H15Cl2NO3. The molecule has 1 aromatic rings. The van der Waals surface area contributed by atoms with Crippen LogP contribution in [0.4, 0.5) is 0 Å². The van der Waals surface area contributed by atoms with Crippen LogP contribution in [0, 0.1) is 6.92 Å². The number of rotatable bonds is 3. The maximum Gasteiger partial charge on any atom is 0.235 e. The van der Waals surface area contributed by atoms with Crippen LogP contribution in [-0.2, 0) is 14.3 Å². The van der Waals surface area contributed by atoms with E-state index in [0.717, 1.165) is 5.56 Å². The summed E-state index contributed by atoms with van der Waals surface area (Å²) in [5, 5.41) is 3.60. The molecule has 3 atom stereocenters. The Hall–Kier alpha value is -1.10. The molecule has 0 spiro atoms. The van der Waals surface area contributed by atoms with Gasteiger partial charge in [0.05, 0.1) is 6.61 Å². The lowest BCUT2D eigenvalue weighted by atomic mass is 9.86. The predicted octanol–water partition coefficient (Wildman–Crippen LogP) is 2.63. The van der Waals surface area contributed by atoms with Gasteiger partial charge >= 0.3 is 0 Å². The fourth-order valence-corrected chi connectivity index (χ4v) is 3.71. The second-order valence-electron chi connectivity index (χ2n) is 5.60. The van der Waals surface area contributed by atoms with Gasteiger partial charge in [0.1, 0.15) is 17.6 Å². The average molecular weight is 328 g/mol. The molecule has 2 saturated heterocycles. The van der Waals surface area contributed by atoms with Crippen LogP contribution < -0.4 is 5.32 Å². The fourth-order valence-electron chi connectivity index (χ4n) is 3.00. The Labute approximate surface area is 132 Å². The molecule has 0 aliphatic carbocycles. The summed E-state index contributed by atoms with van der Waals surface area (Å²) in [5.41, 5.74) is 0.746. The third kappa shape index (κ3) is 2.26. The molecular weight excluding hydrogens is 313 g/mol. The molecule has 112 valence electrons. The summed E-state index contributed by atoms with van der Waals surface area (Å²) in [7, 11) is 0. The number of hydrogen-bond donors (Lipinski definition) is 1. The Bertz CT molecular complexity index is 617. The van der Waals surface area contributed by atoms with E-state index in [0.29, 0.717) is 28.6 Å². The minimum atomic E-state index is -0.882. The van der Waals surface area contributed by atoms with Gasteiger partial charge in [0.15, 0.2) is 5.78 Å². The van der Waals surface area contributed by atoms with Gasteiger partial charge in [-0.15, -0.1) is 0 Å². The van der Waals surface area contributed by atoms with E-state index < -0.39 is 17.6 Å². The van der Waals surface area contributed by atoms with Gasteiger partial charge in [0.2, 0.25) is 5.91 Å². The molecule has 0 radical (unpaired) electrons. The second kappa shape index (κ2) is 4.97. The van der Waals surface area contributed by atoms with Gasteiger partial charge in [-0.3, -0.25) is 9.59 Å². The van der Waals surface area contributed by atoms with Crippen LogP contribution >= 0.6 is 23.2 Å². The second-order valence-corrected chi connectivity index (χ2v) is 6.45. The Kier molecular flexibility index (Phi) is 3.51. The number of halogens is 2. The van der Waals surface area contributed by atoms with Crippen molar-refractivity contribution in [3.05, 3.63) is 33.3 Å². The molecule has 0 bridgehead atoms. The van der Waals surface area contributed by atoms with Crippen LogP contribution in [0.1, 0.15) is 30.4 Å². The van der Waals surface area contributed by atoms with E-state index in [4.69, 9.17) is 27.9 Å². The molecule has 0 aromatic heterocycles. The van der Waals surface area contributed by atoms with Gasteiger partial charge < -0.3 is 10.1 Å². The maximum absolute atomic E-state index is 12.7. The van der Waals surface area contributed by atoms with Gasteiger partial charge in [-0.25, -0.2) is 0 Å². The minimum Gasteiger partial charge on any atom is -0.367 e. The monoisotopic (exact) mass is 327 g/mol. The number of nitrogens with one attached hydrogen (secondary N) is 1. The lowest BCUT2D eigenvalue weighted by Gasteiger charge is -2.17. The number of aryl methyl sites for hydroxylation is 1. The van der Waals surface area contributed by atoms with Crippen molar-refractivity contribution in [2.75, 3.05) is 6.61 Å². The van der Waals surface area contributed by atoms with Gasteiger partial charge in [0, 0.05) is 10.0 Å². The normalized spacial score (nSPS) is 31.4. The van der Waals surface area contributed by atoms with Crippen molar-refractivity contribution in [2.24, 2.45) is 0 Å². The standard InChI is InChI=1S/C15H15Cl2NO3/c1-3-15(6-21-15)13-12(19)11(14(20)18-13)10-7(2)4-8(16)5-9(10)17/h4-5,11,13H,3,6H2,1-2H3,(H,18,20). The number of carbonyl (C=O) groups is 2. The summed E-state index contributed by atoms with van der Waals surface area (Å²) in [5.74, 6) is -1.38. The zero-order chi connectivity index (χ0) is 15.4. The summed E-state index contributed by atoms with van der Waals surface area (Å²) in [6, 6.07) is 2.67. The summed E-state index contributed by atoms with van der Waals surface area (Å²) in [6.07, 6.45) is 0.684. The predicted molar refractivity (Wildman–Crippen MR) is 79.9 cm³/mol. The quantitative estimate of drug-likeness (QED) is 0.685. The number of epoxide rings is 1. The zero-order valence-electron chi connectivity index (χ0n) is 11.7. The molecule has 2 heterocycles. The number of Topliss-reactive ketones (excluding diaryl/α,β-unsaturated/α-hetero) is 1. The van der Waals surface area contributed by atoms with Gasteiger partial charge in [-0.1, -0.05) is 30.1 Å². The van der Waals surface area contributed by atoms with Crippen molar-refractivity contribution in [3.8, 4) is 0 Å². The van der Waals surface area contributed by atoms with E-state index in [9.17, 15) is 9.59 Å². The van der Waals surface area contributed by atoms with E-state index in [1.807, 2.05) is 6.92 Å². The number of hydrogen-bond acceptors (Lipinski definition) is 3. The number of ether oxygens (including phenoxy) is 1. The molecule has 21 heavy (non-hydrogen) atoms. The first-order chi connectivity index (χ1) is 9.89. The number of amides is 1. The zero-order valence-corrected chi connectivity index (χ0v) is 13.2. The third-order valence-electron chi connectivity index (χ3n) is 4.35. The number of ketones is 1. The molecule has 1 aromatic carbocycles. The molecule has 6 heteroatoms. The van der Waals surface area contributed by atoms with Crippen LogP contribution in [0.5, 0.6) is 0 Å². The van der Waals surface area contributed by atoms with Gasteiger partial charge in [-0.2, -0.15) is 0 Å². The highest BCUT2D eigenvalue weighted by molar-refractivity contribution is 6.36.